The second-order valence-corrected chi connectivity index (χ2v) is 7.16. The second-order valence-electron chi connectivity index (χ2n) is 6.06. The maximum absolute atomic E-state index is 12.2. The van der Waals surface area contributed by atoms with Crippen molar-refractivity contribution in [1.29, 1.82) is 0 Å². The number of ether oxygens (including phenoxy) is 1. The lowest BCUT2D eigenvalue weighted by atomic mass is 9.95. The lowest BCUT2D eigenvalue weighted by Crippen LogP contribution is -2.32. The van der Waals surface area contributed by atoms with Gasteiger partial charge in [0.25, 0.3) is 0 Å². The Morgan fingerprint density at radius 3 is 2.60 bits per heavy atom. The molecular formula is C16H21F3N2O3S. The number of halogens is 3. The highest BCUT2D eigenvalue weighted by molar-refractivity contribution is 7.17. The lowest BCUT2D eigenvalue weighted by Gasteiger charge is -2.17. The molecule has 0 aliphatic heterocycles. The standard InChI is InChI=1S/C16H21F3N2O3S/c1-21(8-7-16(17,18)19)9-12(22)20-14-13(15(23)24-2)10-5-3-4-6-11(10)25-14/h3-9H2,1-2H3,(H,20,22). The van der Waals surface area contributed by atoms with Gasteiger partial charge >= 0.3 is 12.1 Å². The number of anilines is 1. The number of carbonyl (C=O) groups is 2. The molecule has 0 bridgehead atoms. The maximum atomic E-state index is 12.2. The molecule has 1 N–H and O–H groups in total. The molecule has 1 aromatic rings. The molecule has 2 rings (SSSR count). The van der Waals surface area contributed by atoms with Gasteiger partial charge < -0.3 is 10.1 Å². The third kappa shape index (κ3) is 5.43. The van der Waals surface area contributed by atoms with Crippen molar-refractivity contribution in [3.63, 3.8) is 0 Å². The summed E-state index contributed by atoms with van der Waals surface area (Å²) < 4.78 is 41.5. The van der Waals surface area contributed by atoms with Crippen LogP contribution in [0.2, 0.25) is 0 Å². The highest BCUT2D eigenvalue weighted by Crippen LogP contribution is 2.38. The van der Waals surface area contributed by atoms with Crippen LogP contribution in [0.1, 0.15) is 40.1 Å². The first-order chi connectivity index (χ1) is 11.7. The van der Waals surface area contributed by atoms with Gasteiger partial charge in [0.15, 0.2) is 0 Å². The molecule has 140 valence electrons. The molecule has 0 spiro atoms. The summed E-state index contributed by atoms with van der Waals surface area (Å²) in [7, 11) is 2.73. The molecule has 1 heterocycles. The number of aryl methyl sites for hydroxylation is 1. The zero-order chi connectivity index (χ0) is 18.6. The fraction of sp³-hybridized carbons (Fsp3) is 0.625. The monoisotopic (exact) mass is 378 g/mol. The summed E-state index contributed by atoms with van der Waals surface area (Å²) in [6, 6.07) is 0. The van der Waals surface area contributed by atoms with Crippen LogP contribution in [0, 0.1) is 0 Å². The largest absolute Gasteiger partial charge is 0.465 e. The number of nitrogens with zero attached hydrogens (tertiary/aromatic N) is 1. The Morgan fingerprint density at radius 2 is 1.96 bits per heavy atom. The molecule has 5 nitrogen and oxygen atoms in total. The fourth-order valence-corrected chi connectivity index (χ4v) is 4.07. The number of hydrogen-bond acceptors (Lipinski definition) is 5. The lowest BCUT2D eigenvalue weighted by molar-refractivity contribution is -0.138. The van der Waals surface area contributed by atoms with Gasteiger partial charge in [0.1, 0.15) is 5.00 Å². The van der Waals surface area contributed by atoms with Crippen LogP contribution in [0.3, 0.4) is 0 Å². The molecule has 0 aromatic carbocycles. The summed E-state index contributed by atoms with van der Waals surface area (Å²) in [6.07, 6.45) is -1.61. The molecular weight excluding hydrogens is 357 g/mol. The number of fused-ring (bicyclic) bond motifs is 1. The number of hydrogen-bond donors (Lipinski definition) is 1. The number of likely N-dealkylation sites (N-methyl/N-ethyl adjacent to an activating group) is 1. The van der Waals surface area contributed by atoms with Gasteiger partial charge in [-0.2, -0.15) is 13.2 Å². The summed E-state index contributed by atoms with van der Waals surface area (Å²) in [4.78, 5) is 26.6. The fourth-order valence-electron chi connectivity index (χ4n) is 2.78. The smallest absolute Gasteiger partial charge is 0.390 e. The van der Waals surface area contributed by atoms with E-state index in [1.165, 1.54) is 30.4 Å². The van der Waals surface area contributed by atoms with E-state index in [0.29, 0.717) is 10.6 Å². The van der Waals surface area contributed by atoms with Crippen molar-refractivity contribution in [2.45, 2.75) is 38.3 Å². The van der Waals surface area contributed by atoms with E-state index in [0.717, 1.165) is 36.1 Å². The predicted molar refractivity (Wildman–Crippen MR) is 89.1 cm³/mol. The minimum absolute atomic E-state index is 0.181. The van der Waals surface area contributed by atoms with Gasteiger partial charge in [0, 0.05) is 11.4 Å². The molecule has 1 aliphatic rings. The first-order valence-electron chi connectivity index (χ1n) is 7.99. The van der Waals surface area contributed by atoms with Crippen molar-refractivity contribution < 1.29 is 27.5 Å². The van der Waals surface area contributed by atoms with Gasteiger partial charge in [-0.25, -0.2) is 4.79 Å². The summed E-state index contributed by atoms with van der Waals surface area (Å²) in [5, 5.41) is 3.09. The Hall–Kier alpha value is -1.61. The summed E-state index contributed by atoms with van der Waals surface area (Å²) in [5.41, 5.74) is 1.30. The van der Waals surface area contributed by atoms with E-state index in [2.05, 4.69) is 5.32 Å². The molecule has 0 fully saturated rings. The Balaban J connectivity index is 2.05. The van der Waals surface area contributed by atoms with E-state index in [9.17, 15) is 22.8 Å². The quantitative estimate of drug-likeness (QED) is 0.772. The number of thiophene rings is 1. The predicted octanol–water partition coefficient (Wildman–Crippen LogP) is 3.24. The van der Waals surface area contributed by atoms with Gasteiger partial charge in [-0.3, -0.25) is 9.69 Å². The topological polar surface area (TPSA) is 58.6 Å². The minimum atomic E-state index is -4.25. The van der Waals surface area contributed by atoms with Crippen LogP contribution in [-0.2, 0) is 22.4 Å². The number of amides is 1. The molecule has 0 radical (unpaired) electrons. The summed E-state index contributed by atoms with van der Waals surface area (Å²) in [5.74, 6) is -0.950. The zero-order valence-electron chi connectivity index (χ0n) is 14.2. The van der Waals surface area contributed by atoms with Crippen LogP contribution in [-0.4, -0.2) is 50.2 Å². The molecule has 0 saturated heterocycles. The molecule has 0 atom stereocenters. The van der Waals surface area contributed by atoms with Gasteiger partial charge in [-0.15, -0.1) is 11.3 Å². The average Bonchev–Trinajstić information content (AvgIpc) is 2.89. The molecule has 0 unspecified atom stereocenters. The SMILES string of the molecule is COC(=O)c1c(NC(=O)CN(C)CCC(F)(F)F)sc2c1CCCC2. The van der Waals surface area contributed by atoms with Crippen LogP contribution in [0.25, 0.3) is 0 Å². The average molecular weight is 378 g/mol. The van der Waals surface area contributed by atoms with Crippen LogP contribution < -0.4 is 5.32 Å². The number of alkyl halides is 3. The van der Waals surface area contributed by atoms with Gasteiger partial charge in [-0.1, -0.05) is 0 Å². The molecule has 1 aromatic heterocycles. The van der Waals surface area contributed by atoms with Crippen molar-refractivity contribution in [3.05, 3.63) is 16.0 Å². The van der Waals surface area contributed by atoms with E-state index in [1.54, 1.807) is 0 Å². The second kappa shape index (κ2) is 8.18. The molecule has 25 heavy (non-hydrogen) atoms. The van der Waals surface area contributed by atoms with Gasteiger partial charge in [0.2, 0.25) is 5.91 Å². The number of carbonyl (C=O) groups excluding carboxylic acids is 2. The van der Waals surface area contributed by atoms with Crippen LogP contribution in [0.4, 0.5) is 18.2 Å². The van der Waals surface area contributed by atoms with Crippen molar-refractivity contribution in [2.24, 2.45) is 0 Å². The van der Waals surface area contributed by atoms with Crippen LogP contribution in [0.5, 0.6) is 0 Å². The Bertz CT molecular complexity index is 643. The van der Waals surface area contributed by atoms with Crippen LogP contribution >= 0.6 is 11.3 Å². The third-order valence-electron chi connectivity index (χ3n) is 4.00. The molecule has 1 amide bonds. The minimum Gasteiger partial charge on any atom is -0.465 e. The van der Waals surface area contributed by atoms with Crippen molar-refractivity contribution >= 4 is 28.2 Å². The van der Waals surface area contributed by atoms with E-state index >= 15 is 0 Å². The Morgan fingerprint density at radius 1 is 1.28 bits per heavy atom. The molecule has 9 heteroatoms. The number of esters is 1. The van der Waals surface area contributed by atoms with Crippen molar-refractivity contribution in [2.75, 3.05) is 32.6 Å². The van der Waals surface area contributed by atoms with E-state index in [-0.39, 0.29) is 13.1 Å². The first kappa shape index (κ1) is 19.7. The Labute approximate surface area is 148 Å². The van der Waals surface area contributed by atoms with E-state index in [1.807, 2.05) is 0 Å². The first-order valence-corrected chi connectivity index (χ1v) is 8.81. The summed E-state index contributed by atoms with van der Waals surface area (Å²) >= 11 is 1.35. The molecule has 1 aliphatic carbocycles. The number of nitrogens with one attached hydrogen (secondary N) is 1. The van der Waals surface area contributed by atoms with E-state index < -0.39 is 24.5 Å². The number of methoxy groups -OCH3 is 1. The van der Waals surface area contributed by atoms with Gasteiger partial charge in [-0.05, 0) is 38.3 Å². The van der Waals surface area contributed by atoms with Crippen LogP contribution in [0.15, 0.2) is 0 Å². The Kier molecular flexibility index (Phi) is 6.45. The zero-order valence-corrected chi connectivity index (χ0v) is 15.0. The van der Waals surface area contributed by atoms with Crippen molar-refractivity contribution in [1.82, 2.24) is 4.90 Å². The molecule has 0 saturated carbocycles. The maximum Gasteiger partial charge on any atom is 0.390 e. The van der Waals surface area contributed by atoms with Crippen molar-refractivity contribution in [3.8, 4) is 0 Å². The highest BCUT2D eigenvalue weighted by atomic mass is 32.1. The van der Waals surface area contributed by atoms with Gasteiger partial charge in [0.05, 0.1) is 25.6 Å². The number of rotatable bonds is 6. The normalized spacial score (nSPS) is 14.3. The van der Waals surface area contributed by atoms with E-state index in [4.69, 9.17) is 4.74 Å². The highest BCUT2D eigenvalue weighted by Gasteiger charge is 2.29. The summed E-state index contributed by atoms with van der Waals surface area (Å²) in [6.45, 7) is -0.443. The third-order valence-corrected chi connectivity index (χ3v) is 5.21.